The van der Waals surface area contributed by atoms with Crippen LogP contribution in [0.25, 0.3) is 0 Å². The zero-order valence-corrected chi connectivity index (χ0v) is 12.8. The summed E-state index contributed by atoms with van der Waals surface area (Å²) in [4.78, 5) is 0. The van der Waals surface area contributed by atoms with Gasteiger partial charge in [-0.25, -0.2) is 0 Å². The first-order chi connectivity index (χ1) is 8.75. The van der Waals surface area contributed by atoms with Crippen LogP contribution in [-0.2, 0) is 0 Å². The molecule has 0 saturated heterocycles. The van der Waals surface area contributed by atoms with Crippen molar-refractivity contribution in [3.05, 3.63) is 0 Å². The molecule has 0 spiro atoms. The van der Waals surface area contributed by atoms with Crippen LogP contribution in [0, 0.1) is 23.7 Å². The van der Waals surface area contributed by atoms with E-state index in [1.54, 1.807) is 25.7 Å². The van der Waals surface area contributed by atoms with Gasteiger partial charge in [0.1, 0.15) is 0 Å². The van der Waals surface area contributed by atoms with E-state index in [4.69, 9.17) is 0 Å². The average molecular weight is 250 g/mol. The van der Waals surface area contributed by atoms with Crippen LogP contribution >= 0.6 is 0 Å². The van der Waals surface area contributed by atoms with Crippen molar-refractivity contribution in [1.29, 1.82) is 0 Å². The molecule has 2 atom stereocenters. The Hall–Kier alpha value is 0. The van der Waals surface area contributed by atoms with Gasteiger partial charge >= 0.3 is 0 Å². The van der Waals surface area contributed by atoms with Crippen molar-refractivity contribution in [2.75, 3.05) is 0 Å². The highest BCUT2D eigenvalue weighted by Gasteiger charge is 2.25. The summed E-state index contributed by atoms with van der Waals surface area (Å²) in [5, 5.41) is 0. The van der Waals surface area contributed by atoms with E-state index in [0.29, 0.717) is 0 Å². The zero-order valence-electron chi connectivity index (χ0n) is 12.8. The van der Waals surface area contributed by atoms with E-state index in [9.17, 15) is 0 Å². The standard InChI is InChI=1S/C18H34/c1-15-9-6-12-17(13-7-10-15)18-11-5-3-4-8-16(2)14-18/h15-18H,3-14H2,1-2H3. The second kappa shape index (κ2) is 7.56. The first kappa shape index (κ1) is 14.4. The molecular formula is C18H34. The molecule has 106 valence electrons. The molecule has 0 aromatic rings. The maximum absolute atomic E-state index is 2.50. The molecule has 2 unspecified atom stereocenters. The Morgan fingerprint density at radius 2 is 1.06 bits per heavy atom. The van der Waals surface area contributed by atoms with Gasteiger partial charge in [0.05, 0.1) is 0 Å². The lowest BCUT2D eigenvalue weighted by atomic mass is 9.73. The number of hydrogen-bond acceptors (Lipinski definition) is 0. The van der Waals surface area contributed by atoms with Gasteiger partial charge in [-0.05, 0) is 30.1 Å². The van der Waals surface area contributed by atoms with Crippen LogP contribution in [0.4, 0.5) is 0 Å². The van der Waals surface area contributed by atoms with Crippen LogP contribution in [0.2, 0.25) is 0 Å². The second-order valence-electron chi connectivity index (χ2n) is 7.47. The van der Waals surface area contributed by atoms with Crippen molar-refractivity contribution < 1.29 is 0 Å². The molecule has 0 N–H and O–H groups in total. The lowest BCUT2D eigenvalue weighted by Crippen LogP contribution is -2.21. The molecule has 0 aromatic heterocycles. The summed E-state index contributed by atoms with van der Waals surface area (Å²) >= 11 is 0. The summed E-state index contributed by atoms with van der Waals surface area (Å²) in [6.45, 7) is 4.96. The summed E-state index contributed by atoms with van der Waals surface area (Å²) in [5.74, 6) is 4.16. The molecule has 0 nitrogen and oxygen atoms in total. The van der Waals surface area contributed by atoms with Gasteiger partial charge in [0, 0.05) is 0 Å². The molecule has 2 aliphatic carbocycles. The Morgan fingerprint density at radius 1 is 0.500 bits per heavy atom. The molecule has 2 aliphatic rings. The lowest BCUT2D eigenvalue weighted by Gasteiger charge is -2.33. The van der Waals surface area contributed by atoms with Crippen LogP contribution in [-0.4, -0.2) is 0 Å². The molecule has 0 heteroatoms. The summed E-state index contributed by atoms with van der Waals surface area (Å²) in [5.41, 5.74) is 0. The Morgan fingerprint density at radius 3 is 1.78 bits per heavy atom. The van der Waals surface area contributed by atoms with Crippen molar-refractivity contribution in [2.45, 2.75) is 90.9 Å². The predicted molar refractivity (Wildman–Crippen MR) is 80.7 cm³/mol. The van der Waals surface area contributed by atoms with Gasteiger partial charge in [-0.2, -0.15) is 0 Å². The maximum atomic E-state index is 2.50. The molecule has 0 aromatic carbocycles. The minimum Gasteiger partial charge on any atom is -0.0625 e. The van der Waals surface area contributed by atoms with Gasteiger partial charge in [-0.1, -0.05) is 84.5 Å². The van der Waals surface area contributed by atoms with E-state index in [1.807, 2.05) is 0 Å². The second-order valence-corrected chi connectivity index (χ2v) is 7.47. The fourth-order valence-electron chi connectivity index (χ4n) is 4.47. The SMILES string of the molecule is CC1CCCC(C2CCCCCC(C)C2)CCC1. The molecule has 2 rings (SSSR count). The first-order valence-corrected chi connectivity index (χ1v) is 8.75. The molecular weight excluding hydrogens is 216 g/mol. The Bertz CT molecular complexity index is 210. The summed E-state index contributed by atoms with van der Waals surface area (Å²) in [7, 11) is 0. The van der Waals surface area contributed by atoms with Crippen molar-refractivity contribution in [2.24, 2.45) is 23.7 Å². The van der Waals surface area contributed by atoms with Crippen molar-refractivity contribution in [3.63, 3.8) is 0 Å². The summed E-state index contributed by atoms with van der Waals surface area (Å²) in [6.07, 6.45) is 18.2. The van der Waals surface area contributed by atoms with Gasteiger partial charge in [-0.15, -0.1) is 0 Å². The molecule has 18 heavy (non-hydrogen) atoms. The molecule has 0 bridgehead atoms. The van der Waals surface area contributed by atoms with E-state index >= 15 is 0 Å². The smallest absolute Gasteiger partial charge is 0.0383 e. The highest BCUT2D eigenvalue weighted by Crippen LogP contribution is 2.38. The molecule has 2 fully saturated rings. The topological polar surface area (TPSA) is 0 Å². The van der Waals surface area contributed by atoms with E-state index < -0.39 is 0 Å². The van der Waals surface area contributed by atoms with Crippen LogP contribution in [0.3, 0.4) is 0 Å². The van der Waals surface area contributed by atoms with Gasteiger partial charge < -0.3 is 0 Å². The van der Waals surface area contributed by atoms with Crippen LogP contribution in [0.5, 0.6) is 0 Å². The monoisotopic (exact) mass is 250 g/mol. The largest absolute Gasteiger partial charge is 0.0625 e. The number of hydrogen-bond donors (Lipinski definition) is 0. The molecule has 0 heterocycles. The van der Waals surface area contributed by atoms with Gasteiger partial charge in [0.2, 0.25) is 0 Å². The quantitative estimate of drug-likeness (QED) is 0.520. The summed E-state index contributed by atoms with van der Waals surface area (Å²) < 4.78 is 0. The fourth-order valence-corrected chi connectivity index (χ4v) is 4.47. The minimum atomic E-state index is 1.000. The Labute approximate surface area is 115 Å². The van der Waals surface area contributed by atoms with Gasteiger partial charge in [-0.3, -0.25) is 0 Å². The highest BCUT2D eigenvalue weighted by molar-refractivity contribution is 4.77. The predicted octanol–water partition coefficient (Wildman–Crippen LogP) is 6.20. The summed E-state index contributed by atoms with van der Waals surface area (Å²) in [6, 6.07) is 0. The fraction of sp³-hybridized carbons (Fsp3) is 1.00. The first-order valence-electron chi connectivity index (χ1n) is 8.75. The molecule has 0 aliphatic heterocycles. The van der Waals surface area contributed by atoms with Crippen molar-refractivity contribution in [1.82, 2.24) is 0 Å². The van der Waals surface area contributed by atoms with E-state index in [-0.39, 0.29) is 0 Å². The van der Waals surface area contributed by atoms with Gasteiger partial charge in [0.15, 0.2) is 0 Å². The zero-order chi connectivity index (χ0) is 12.8. The van der Waals surface area contributed by atoms with E-state index in [1.165, 1.54) is 51.4 Å². The van der Waals surface area contributed by atoms with E-state index in [2.05, 4.69) is 13.8 Å². The lowest BCUT2D eigenvalue weighted by molar-refractivity contribution is 0.187. The highest BCUT2D eigenvalue weighted by atomic mass is 14.3. The third kappa shape index (κ3) is 4.59. The van der Waals surface area contributed by atoms with Crippen LogP contribution in [0.15, 0.2) is 0 Å². The third-order valence-electron chi connectivity index (χ3n) is 5.69. The average Bonchev–Trinajstić information content (AvgIpc) is 2.28. The minimum absolute atomic E-state index is 1.000. The van der Waals surface area contributed by atoms with Crippen molar-refractivity contribution in [3.8, 4) is 0 Å². The van der Waals surface area contributed by atoms with Crippen LogP contribution < -0.4 is 0 Å². The maximum Gasteiger partial charge on any atom is -0.0383 e. The van der Waals surface area contributed by atoms with Crippen LogP contribution in [0.1, 0.15) is 90.9 Å². The molecule has 0 amide bonds. The van der Waals surface area contributed by atoms with E-state index in [0.717, 1.165) is 23.7 Å². The normalized spacial score (nSPS) is 40.3. The molecule has 0 radical (unpaired) electrons. The Kier molecular flexibility index (Phi) is 6.05. The van der Waals surface area contributed by atoms with Gasteiger partial charge in [0.25, 0.3) is 0 Å². The van der Waals surface area contributed by atoms with Crippen molar-refractivity contribution >= 4 is 0 Å². The third-order valence-corrected chi connectivity index (χ3v) is 5.69. The Balaban J connectivity index is 1.86. The molecule has 2 saturated carbocycles. The number of rotatable bonds is 1.